The smallest absolute Gasteiger partial charge is 0.124 e. The van der Waals surface area contributed by atoms with Gasteiger partial charge in [0.15, 0.2) is 0 Å². The Morgan fingerprint density at radius 1 is 1.44 bits per heavy atom. The second kappa shape index (κ2) is 4.04. The van der Waals surface area contributed by atoms with Crippen LogP contribution >= 0.6 is 27.5 Å². The van der Waals surface area contributed by atoms with Gasteiger partial charge in [-0.3, -0.25) is 0 Å². The van der Waals surface area contributed by atoms with Crippen LogP contribution in [0.3, 0.4) is 0 Å². The Bertz CT molecular complexity index is 531. The molecule has 1 aliphatic rings. The molecule has 2 nitrogen and oxygen atoms in total. The van der Waals surface area contributed by atoms with Gasteiger partial charge < -0.3 is 4.57 Å². The van der Waals surface area contributed by atoms with E-state index < -0.39 is 0 Å². The van der Waals surface area contributed by atoms with Crippen LogP contribution in [0, 0.1) is 5.92 Å². The number of rotatable bonds is 3. The summed E-state index contributed by atoms with van der Waals surface area (Å²) in [7, 11) is 0. The molecule has 84 valence electrons. The van der Waals surface area contributed by atoms with E-state index in [2.05, 4.69) is 43.7 Å². The highest BCUT2D eigenvalue weighted by Crippen LogP contribution is 2.33. The summed E-state index contributed by atoms with van der Waals surface area (Å²) in [4.78, 5) is 4.57. The van der Waals surface area contributed by atoms with Crippen LogP contribution in [0.1, 0.15) is 18.7 Å². The summed E-state index contributed by atoms with van der Waals surface area (Å²) in [5.41, 5.74) is 2.23. The van der Waals surface area contributed by atoms with Gasteiger partial charge in [-0.2, -0.15) is 0 Å². The summed E-state index contributed by atoms with van der Waals surface area (Å²) in [6.07, 6.45) is 2.69. The quantitative estimate of drug-likeness (QED) is 0.785. The van der Waals surface area contributed by atoms with E-state index in [1.54, 1.807) is 0 Å². The van der Waals surface area contributed by atoms with Gasteiger partial charge in [0.1, 0.15) is 5.82 Å². The van der Waals surface area contributed by atoms with Crippen molar-refractivity contribution in [3.8, 4) is 0 Å². The molecule has 1 heterocycles. The molecule has 0 amide bonds. The molecule has 3 rings (SSSR count). The summed E-state index contributed by atoms with van der Waals surface area (Å²) >= 11 is 9.42. The van der Waals surface area contributed by atoms with Gasteiger partial charge in [-0.15, -0.1) is 11.6 Å². The van der Waals surface area contributed by atoms with Gasteiger partial charge in [0.25, 0.3) is 0 Å². The van der Waals surface area contributed by atoms with Crippen LogP contribution in [0.2, 0.25) is 0 Å². The highest BCUT2D eigenvalue weighted by Gasteiger charge is 2.23. The van der Waals surface area contributed by atoms with Crippen molar-refractivity contribution in [2.45, 2.75) is 25.3 Å². The van der Waals surface area contributed by atoms with Gasteiger partial charge in [0.05, 0.1) is 16.9 Å². The molecule has 2 aromatic rings. The molecule has 1 aromatic heterocycles. The minimum Gasteiger partial charge on any atom is -0.327 e. The Labute approximate surface area is 108 Å². The summed E-state index contributed by atoms with van der Waals surface area (Å²) in [6.45, 7) is 1.07. The fraction of sp³-hybridized carbons (Fsp3) is 0.417. The number of hydrogen-bond donors (Lipinski definition) is 0. The zero-order valence-corrected chi connectivity index (χ0v) is 11.1. The highest BCUT2D eigenvalue weighted by atomic mass is 79.9. The third kappa shape index (κ3) is 1.87. The lowest BCUT2D eigenvalue weighted by Crippen LogP contribution is -2.03. The van der Waals surface area contributed by atoms with Crippen LogP contribution < -0.4 is 0 Å². The maximum absolute atomic E-state index is 5.95. The fourth-order valence-electron chi connectivity index (χ4n) is 2.02. The van der Waals surface area contributed by atoms with Crippen LogP contribution in [0.4, 0.5) is 0 Å². The van der Waals surface area contributed by atoms with E-state index in [0.717, 1.165) is 28.3 Å². The Kier molecular flexibility index (Phi) is 2.68. The monoisotopic (exact) mass is 298 g/mol. The lowest BCUT2D eigenvalue weighted by Gasteiger charge is -2.05. The predicted molar refractivity (Wildman–Crippen MR) is 69.7 cm³/mol. The van der Waals surface area contributed by atoms with Crippen molar-refractivity contribution >= 4 is 38.6 Å². The molecular formula is C12H12BrClN2. The van der Waals surface area contributed by atoms with Crippen LogP contribution in [0.15, 0.2) is 22.7 Å². The molecule has 0 bridgehead atoms. The van der Waals surface area contributed by atoms with E-state index in [1.807, 2.05) is 0 Å². The van der Waals surface area contributed by atoms with Crippen molar-refractivity contribution in [3.63, 3.8) is 0 Å². The number of alkyl halides is 1. The number of benzene rings is 1. The Hall–Kier alpha value is -0.540. The third-order valence-electron chi connectivity index (χ3n) is 3.05. The van der Waals surface area contributed by atoms with Crippen molar-refractivity contribution in [2.75, 3.05) is 0 Å². The minimum absolute atomic E-state index is 0.485. The van der Waals surface area contributed by atoms with Gasteiger partial charge in [0, 0.05) is 11.0 Å². The average molecular weight is 300 g/mol. The normalized spacial score (nSPS) is 15.9. The Balaban J connectivity index is 2.13. The molecular weight excluding hydrogens is 288 g/mol. The molecule has 1 saturated carbocycles. The second-order valence-corrected chi connectivity index (χ2v) is 5.53. The molecule has 1 aromatic carbocycles. The van der Waals surface area contributed by atoms with Gasteiger partial charge in [0.2, 0.25) is 0 Å². The molecule has 0 N–H and O–H groups in total. The molecule has 0 atom stereocenters. The first-order valence-electron chi connectivity index (χ1n) is 5.48. The maximum Gasteiger partial charge on any atom is 0.124 e. The fourth-order valence-corrected chi connectivity index (χ4v) is 2.57. The summed E-state index contributed by atoms with van der Waals surface area (Å²) in [5, 5.41) is 0. The lowest BCUT2D eigenvalue weighted by molar-refractivity contribution is 0.623. The van der Waals surface area contributed by atoms with Crippen LogP contribution in [0.5, 0.6) is 0 Å². The van der Waals surface area contributed by atoms with E-state index in [-0.39, 0.29) is 0 Å². The first kappa shape index (κ1) is 10.6. The summed E-state index contributed by atoms with van der Waals surface area (Å²) in [6, 6.07) is 6.23. The average Bonchev–Trinajstić information content (AvgIpc) is 3.01. The molecule has 0 unspecified atom stereocenters. The van der Waals surface area contributed by atoms with E-state index in [9.17, 15) is 0 Å². The van der Waals surface area contributed by atoms with E-state index >= 15 is 0 Å². The third-order valence-corrected chi connectivity index (χ3v) is 3.78. The summed E-state index contributed by atoms with van der Waals surface area (Å²) < 4.78 is 3.34. The molecule has 0 spiro atoms. The van der Waals surface area contributed by atoms with Gasteiger partial charge in [-0.05, 0) is 37.0 Å². The number of fused-ring (bicyclic) bond motifs is 1. The first-order chi connectivity index (χ1) is 7.78. The second-order valence-electron chi connectivity index (χ2n) is 4.35. The largest absolute Gasteiger partial charge is 0.327 e. The van der Waals surface area contributed by atoms with Gasteiger partial charge >= 0.3 is 0 Å². The zero-order chi connectivity index (χ0) is 11.1. The van der Waals surface area contributed by atoms with Crippen molar-refractivity contribution in [3.05, 3.63) is 28.5 Å². The SMILES string of the molecule is ClCc1nc2cc(Br)ccc2n1CC1CC1. The Morgan fingerprint density at radius 2 is 2.25 bits per heavy atom. The summed E-state index contributed by atoms with van der Waals surface area (Å²) in [5.74, 6) is 2.31. The zero-order valence-electron chi connectivity index (χ0n) is 8.79. The molecule has 1 fully saturated rings. The first-order valence-corrected chi connectivity index (χ1v) is 6.81. The standard InChI is InChI=1S/C12H12BrClN2/c13-9-3-4-11-10(5-9)15-12(6-14)16(11)7-8-1-2-8/h3-5,8H,1-2,6-7H2. The molecule has 16 heavy (non-hydrogen) atoms. The predicted octanol–water partition coefficient (Wildman–Crippen LogP) is 3.95. The van der Waals surface area contributed by atoms with Gasteiger partial charge in [-0.25, -0.2) is 4.98 Å². The van der Waals surface area contributed by atoms with Crippen LogP contribution in [-0.2, 0) is 12.4 Å². The maximum atomic E-state index is 5.95. The number of halogens is 2. The van der Waals surface area contributed by atoms with Crippen molar-refractivity contribution < 1.29 is 0 Å². The molecule has 0 aliphatic heterocycles. The minimum atomic E-state index is 0.485. The van der Waals surface area contributed by atoms with E-state index in [4.69, 9.17) is 11.6 Å². The van der Waals surface area contributed by atoms with E-state index in [0.29, 0.717) is 5.88 Å². The number of hydrogen-bond acceptors (Lipinski definition) is 1. The molecule has 1 aliphatic carbocycles. The highest BCUT2D eigenvalue weighted by molar-refractivity contribution is 9.10. The topological polar surface area (TPSA) is 17.8 Å². The number of aromatic nitrogens is 2. The molecule has 4 heteroatoms. The Morgan fingerprint density at radius 3 is 2.94 bits per heavy atom. The molecule has 0 saturated heterocycles. The molecule has 0 radical (unpaired) electrons. The van der Waals surface area contributed by atoms with Crippen molar-refractivity contribution in [1.29, 1.82) is 0 Å². The van der Waals surface area contributed by atoms with Gasteiger partial charge in [-0.1, -0.05) is 15.9 Å². The lowest BCUT2D eigenvalue weighted by atomic mass is 10.3. The van der Waals surface area contributed by atoms with E-state index in [1.165, 1.54) is 18.4 Å². The number of nitrogens with zero attached hydrogens (tertiary/aromatic N) is 2. The number of imidazole rings is 1. The van der Waals surface area contributed by atoms with Crippen LogP contribution in [-0.4, -0.2) is 9.55 Å². The van der Waals surface area contributed by atoms with Crippen molar-refractivity contribution in [2.24, 2.45) is 5.92 Å². The van der Waals surface area contributed by atoms with Crippen LogP contribution in [0.25, 0.3) is 11.0 Å². The van der Waals surface area contributed by atoms with Crippen molar-refractivity contribution in [1.82, 2.24) is 9.55 Å².